The third kappa shape index (κ3) is 4.12. The molecule has 18 heavy (non-hydrogen) atoms. The van der Waals surface area contributed by atoms with Crippen LogP contribution in [0.2, 0.25) is 5.02 Å². The molecule has 0 bridgehead atoms. The first-order valence-corrected chi connectivity index (χ1v) is 6.42. The van der Waals surface area contributed by atoms with Crippen LogP contribution in [0.4, 0.5) is 0 Å². The molecule has 1 aromatic rings. The van der Waals surface area contributed by atoms with Crippen LogP contribution in [0.25, 0.3) is 0 Å². The van der Waals surface area contributed by atoms with Crippen molar-refractivity contribution in [1.82, 2.24) is 0 Å². The van der Waals surface area contributed by atoms with Crippen molar-refractivity contribution in [3.8, 4) is 5.75 Å². The Morgan fingerprint density at radius 3 is 2.67 bits per heavy atom. The number of methoxy groups -OCH3 is 1. The van der Waals surface area contributed by atoms with Gasteiger partial charge in [-0.2, -0.15) is 0 Å². The Bertz CT molecular complexity index is 435. The van der Waals surface area contributed by atoms with Crippen LogP contribution < -0.4 is 10.5 Å². The third-order valence-corrected chi connectivity index (χ3v) is 3.26. The van der Waals surface area contributed by atoms with E-state index in [0.29, 0.717) is 22.9 Å². The van der Waals surface area contributed by atoms with Crippen LogP contribution in [0.1, 0.15) is 25.8 Å². The van der Waals surface area contributed by atoms with Gasteiger partial charge in [0.25, 0.3) is 0 Å². The zero-order valence-corrected chi connectivity index (χ0v) is 12.4. The van der Waals surface area contributed by atoms with Gasteiger partial charge in [0.15, 0.2) is 0 Å². The van der Waals surface area contributed by atoms with Gasteiger partial charge in [-0.25, -0.2) is 0 Å². The lowest BCUT2D eigenvalue weighted by molar-refractivity contribution is 0.00544. The zero-order valence-electron chi connectivity index (χ0n) is 10.8. The van der Waals surface area contributed by atoms with Gasteiger partial charge in [-0.15, -0.1) is 0 Å². The minimum absolute atomic E-state index is 0.220. The van der Waals surface area contributed by atoms with E-state index in [-0.39, 0.29) is 10.6 Å². The quantitative estimate of drug-likeness (QED) is 0.816. The SMILES string of the molecule is COC(C)(C)CCOc1cccc(Cl)c1C(N)=S. The van der Waals surface area contributed by atoms with E-state index in [0.717, 1.165) is 6.42 Å². The van der Waals surface area contributed by atoms with Crippen LogP contribution in [-0.4, -0.2) is 24.3 Å². The standard InChI is InChI=1S/C13H18ClNO2S/c1-13(2,16-3)7-8-17-10-6-4-5-9(14)11(10)12(15)18/h4-6H,7-8H2,1-3H3,(H2,15,18). The van der Waals surface area contributed by atoms with Crippen molar-refractivity contribution in [2.75, 3.05) is 13.7 Å². The second-order valence-electron chi connectivity index (χ2n) is 4.54. The van der Waals surface area contributed by atoms with E-state index < -0.39 is 0 Å². The summed E-state index contributed by atoms with van der Waals surface area (Å²) in [4.78, 5) is 0.238. The number of hydrogen-bond donors (Lipinski definition) is 1. The molecule has 100 valence electrons. The average Bonchev–Trinajstić information content (AvgIpc) is 2.28. The molecule has 0 amide bonds. The van der Waals surface area contributed by atoms with Crippen molar-refractivity contribution in [1.29, 1.82) is 0 Å². The van der Waals surface area contributed by atoms with Gasteiger partial charge < -0.3 is 15.2 Å². The molecule has 0 radical (unpaired) electrons. The van der Waals surface area contributed by atoms with Crippen LogP contribution in [0.15, 0.2) is 18.2 Å². The molecule has 0 atom stereocenters. The normalized spacial score (nSPS) is 11.3. The summed E-state index contributed by atoms with van der Waals surface area (Å²) in [6.07, 6.45) is 0.757. The summed E-state index contributed by atoms with van der Waals surface area (Å²) in [5, 5.41) is 0.506. The lowest BCUT2D eigenvalue weighted by Crippen LogP contribution is -2.25. The van der Waals surface area contributed by atoms with Gasteiger partial charge in [0.1, 0.15) is 10.7 Å². The van der Waals surface area contributed by atoms with E-state index in [9.17, 15) is 0 Å². The van der Waals surface area contributed by atoms with Gasteiger partial charge in [-0.3, -0.25) is 0 Å². The number of rotatable bonds is 6. The Kier molecular flexibility index (Phi) is 5.38. The number of nitrogens with two attached hydrogens (primary N) is 1. The molecule has 5 heteroatoms. The summed E-state index contributed by atoms with van der Waals surface area (Å²) in [5.74, 6) is 0.613. The average molecular weight is 288 g/mol. The minimum atomic E-state index is -0.220. The summed E-state index contributed by atoms with van der Waals surface area (Å²) in [6.45, 7) is 4.52. The highest BCUT2D eigenvalue weighted by atomic mass is 35.5. The molecule has 1 aromatic carbocycles. The fraction of sp³-hybridized carbons (Fsp3) is 0.462. The Morgan fingerprint density at radius 1 is 1.44 bits per heavy atom. The van der Waals surface area contributed by atoms with E-state index in [2.05, 4.69) is 0 Å². The van der Waals surface area contributed by atoms with Crippen molar-refractivity contribution >= 4 is 28.8 Å². The van der Waals surface area contributed by atoms with E-state index in [4.69, 9.17) is 39.0 Å². The van der Waals surface area contributed by atoms with Crippen molar-refractivity contribution in [2.24, 2.45) is 5.73 Å². The topological polar surface area (TPSA) is 44.5 Å². The molecule has 0 aliphatic rings. The largest absolute Gasteiger partial charge is 0.493 e. The molecule has 1 rings (SSSR count). The minimum Gasteiger partial charge on any atom is -0.493 e. The maximum atomic E-state index is 6.05. The van der Waals surface area contributed by atoms with Crippen LogP contribution >= 0.6 is 23.8 Å². The number of benzene rings is 1. The van der Waals surface area contributed by atoms with Gasteiger partial charge >= 0.3 is 0 Å². The molecular formula is C13H18ClNO2S. The molecule has 0 saturated carbocycles. The van der Waals surface area contributed by atoms with Crippen molar-refractivity contribution < 1.29 is 9.47 Å². The van der Waals surface area contributed by atoms with Crippen LogP contribution in [0.5, 0.6) is 5.75 Å². The highest BCUT2D eigenvalue weighted by Gasteiger charge is 2.17. The lowest BCUT2D eigenvalue weighted by Gasteiger charge is -2.23. The summed E-state index contributed by atoms with van der Waals surface area (Å²) < 4.78 is 11.0. The summed E-state index contributed by atoms with van der Waals surface area (Å²) in [6, 6.07) is 5.35. The molecule has 0 aliphatic heterocycles. The molecule has 2 N–H and O–H groups in total. The van der Waals surface area contributed by atoms with Crippen molar-refractivity contribution in [3.05, 3.63) is 28.8 Å². The Balaban J connectivity index is 2.74. The maximum Gasteiger partial charge on any atom is 0.130 e. The van der Waals surface area contributed by atoms with Gasteiger partial charge in [0.2, 0.25) is 0 Å². The Hall–Kier alpha value is -0.840. The first-order valence-electron chi connectivity index (χ1n) is 5.63. The van der Waals surface area contributed by atoms with E-state index in [1.54, 1.807) is 25.3 Å². The third-order valence-electron chi connectivity index (χ3n) is 2.74. The van der Waals surface area contributed by atoms with Gasteiger partial charge in [0, 0.05) is 13.5 Å². The summed E-state index contributed by atoms with van der Waals surface area (Å²) in [7, 11) is 1.68. The smallest absolute Gasteiger partial charge is 0.130 e. The molecule has 0 saturated heterocycles. The fourth-order valence-electron chi connectivity index (χ4n) is 1.37. The number of thiocarbonyl (C=S) groups is 1. The second kappa shape index (κ2) is 6.36. The van der Waals surface area contributed by atoms with Gasteiger partial charge in [-0.1, -0.05) is 29.9 Å². The molecule has 0 spiro atoms. The van der Waals surface area contributed by atoms with Crippen LogP contribution in [0, 0.1) is 0 Å². The zero-order chi connectivity index (χ0) is 13.8. The van der Waals surface area contributed by atoms with Gasteiger partial charge in [-0.05, 0) is 26.0 Å². The second-order valence-corrected chi connectivity index (χ2v) is 5.39. The highest BCUT2D eigenvalue weighted by molar-refractivity contribution is 7.80. The predicted octanol–water partition coefficient (Wildman–Crippen LogP) is 3.17. The molecule has 0 unspecified atom stereocenters. The van der Waals surface area contributed by atoms with E-state index in [1.165, 1.54) is 0 Å². The first kappa shape index (κ1) is 15.2. The monoisotopic (exact) mass is 287 g/mol. The van der Waals surface area contributed by atoms with Crippen LogP contribution in [-0.2, 0) is 4.74 Å². The highest BCUT2D eigenvalue weighted by Crippen LogP contribution is 2.27. The lowest BCUT2D eigenvalue weighted by atomic mass is 10.1. The predicted molar refractivity (Wildman–Crippen MR) is 78.5 cm³/mol. The van der Waals surface area contributed by atoms with Crippen LogP contribution in [0.3, 0.4) is 0 Å². The summed E-state index contributed by atoms with van der Waals surface area (Å²) in [5.41, 5.74) is 6.01. The number of ether oxygens (including phenoxy) is 2. The maximum absolute atomic E-state index is 6.05. The molecule has 0 aliphatic carbocycles. The molecule has 0 aromatic heterocycles. The van der Waals surface area contributed by atoms with E-state index in [1.807, 2.05) is 13.8 Å². The number of hydrogen-bond acceptors (Lipinski definition) is 3. The Morgan fingerprint density at radius 2 is 2.11 bits per heavy atom. The first-order chi connectivity index (χ1) is 8.37. The molecular weight excluding hydrogens is 270 g/mol. The Labute approximate surface area is 118 Å². The molecule has 0 fully saturated rings. The van der Waals surface area contributed by atoms with E-state index >= 15 is 0 Å². The van der Waals surface area contributed by atoms with Gasteiger partial charge in [0.05, 0.1) is 22.8 Å². The number of halogens is 1. The van der Waals surface area contributed by atoms with Crippen molar-refractivity contribution in [2.45, 2.75) is 25.9 Å². The molecule has 0 heterocycles. The van der Waals surface area contributed by atoms with Crippen molar-refractivity contribution in [3.63, 3.8) is 0 Å². The fourth-order valence-corrected chi connectivity index (χ4v) is 1.91. The summed E-state index contributed by atoms with van der Waals surface area (Å²) >= 11 is 11.0. The molecule has 3 nitrogen and oxygen atoms in total.